The molecule has 3 aromatic rings. The number of H-pyrrole nitrogens is 1. The highest BCUT2D eigenvalue weighted by Crippen LogP contribution is 2.40. The number of primary amides is 1. The number of carboxylic acid groups (broad SMARTS) is 1. The lowest BCUT2D eigenvalue weighted by Gasteiger charge is -2.49. The molecule has 2 aliphatic rings. The summed E-state index contributed by atoms with van der Waals surface area (Å²) in [7, 11) is 0. The highest BCUT2D eigenvalue weighted by Gasteiger charge is 2.54. The van der Waals surface area contributed by atoms with Gasteiger partial charge in [-0.25, -0.2) is 9.59 Å². The minimum absolute atomic E-state index is 0.0347. The van der Waals surface area contributed by atoms with Crippen LogP contribution in [0, 0.1) is 0 Å². The number of hydrogen-bond acceptors (Lipinski definition) is 10. The number of hydrogen-bond donors (Lipinski definition) is 6. The lowest BCUT2D eigenvalue weighted by molar-refractivity contribution is -0.151. The van der Waals surface area contributed by atoms with Crippen molar-refractivity contribution in [3.05, 3.63) is 81.4 Å². The third-order valence-corrected chi connectivity index (χ3v) is 7.94. The van der Waals surface area contributed by atoms with Gasteiger partial charge in [-0.15, -0.1) is 11.8 Å². The summed E-state index contributed by atoms with van der Waals surface area (Å²) in [5.74, 6) is -3.73. The summed E-state index contributed by atoms with van der Waals surface area (Å²) in [4.78, 5) is 83.6. The van der Waals surface area contributed by atoms with Gasteiger partial charge in [0, 0.05) is 29.4 Å². The number of nitrogens with two attached hydrogens (primary N) is 2. The van der Waals surface area contributed by atoms with E-state index in [1.165, 1.54) is 24.5 Å². The second-order valence-electron chi connectivity index (χ2n) is 9.27. The molecule has 0 bridgehead atoms. The Kier molecular flexibility index (Phi) is 7.54. The number of fused-ring (bicyclic) bond motifs is 2. The lowest BCUT2D eigenvalue weighted by Crippen LogP contribution is -2.71. The van der Waals surface area contributed by atoms with Crippen LogP contribution in [0.1, 0.15) is 22.0 Å². The van der Waals surface area contributed by atoms with Crippen molar-refractivity contribution in [3.63, 3.8) is 0 Å². The standard InChI is InChI=1S/C26H23N7O8S/c27-13-4-1-3-11(7-13)16(31-21(35)14-8-30-15-5-2-6-29-17(15)20(14)34)22(36)32-18-23(37)33-19(25(38)39)12(9-41-26(28)40)10-42-24(18)33/h1-8,16,18,24H,9-10,27H2,(H2,28,40)(H,30,34)(H,31,35)(H,32,36)(H,38,39)/t16?,18?,24-/m1/s1. The van der Waals surface area contributed by atoms with Gasteiger partial charge in [0.2, 0.25) is 11.3 Å². The molecule has 4 amide bonds. The third kappa shape index (κ3) is 5.22. The molecule has 5 rings (SSSR count). The first-order valence-corrected chi connectivity index (χ1v) is 13.4. The van der Waals surface area contributed by atoms with E-state index >= 15 is 0 Å². The fraction of sp³-hybridized carbons (Fsp3) is 0.192. The molecule has 2 aromatic heterocycles. The van der Waals surface area contributed by atoms with Crippen LogP contribution in [-0.2, 0) is 19.1 Å². The molecule has 1 fully saturated rings. The molecule has 8 N–H and O–H groups in total. The zero-order valence-electron chi connectivity index (χ0n) is 21.5. The van der Waals surface area contributed by atoms with Crippen LogP contribution >= 0.6 is 11.8 Å². The van der Waals surface area contributed by atoms with Crippen molar-refractivity contribution in [1.29, 1.82) is 0 Å². The summed E-state index contributed by atoms with van der Waals surface area (Å²) >= 11 is 1.15. The number of aromatic amines is 1. The molecule has 1 aromatic carbocycles. The number of carboxylic acids is 1. The van der Waals surface area contributed by atoms with Crippen molar-refractivity contribution in [1.82, 2.24) is 25.5 Å². The molecule has 0 radical (unpaired) electrons. The van der Waals surface area contributed by atoms with E-state index in [0.717, 1.165) is 16.7 Å². The maximum absolute atomic E-state index is 13.6. The largest absolute Gasteiger partial charge is 0.477 e. The number of aliphatic carboxylic acids is 1. The number of rotatable bonds is 8. The molecule has 3 atom stereocenters. The minimum Gasteiger partial charge on any atom is -0.477 e. The van der Waals surface area contributed by atoms with Crippen LogP contribution in [0.15, 0.2) is 64.9 Å². The maximum atomic E-state index is 13.6. The predicted molar refractivity (Wildman–Crippen MR) is 149 cm³/mol. The number of ether oxygens (including phenoxy) is 1. The van der Waals surface area contributed by atoms with Crippen molar-refractivity contribution in [2.45, 2.75) is 17.5 Å². The Morgan fingerprint density at radius 1 is 1.21 bits per heavy atom. The normalized spacial score (nSPS) is 18.5. The van der Waals surface area contributed by atoms with Gasteiger partial charge in [-0.05, 0) is 29.8 Å². The zero-order chi connectivity index (χ0) is 30.1. The van der Waals surface area contributed by atoms with Crippen LogP contribution in [0.2, 0.25) is 0 Å². The van der Waals surface area contributed by atoms with Crippen molar-refractivity contribution >= 4 is 58.3 Å². The van der Waals surface area contributed by atoms with Gasteiger partial charge in [-0.2, -0.15) is 0 Å². The van der Waals surface area contributed by atoms with Crippen molar-refractivity contribution in [3.8, 4) is 0 Å². The Bertz CT molecular complexity index is 1740. The SMILES string of the molecule is NC(=O)OCC1=C(C(=O)O)N2C(=O)C(NC(=O)C(NC(=O)c3c[nH]c4cccnc4c3=O)c3cccc(N)c3)[C@H]2SC1. The van der Waals surface area contributed by atoms with Gasteiger partial charge in [-0.1, -0.05) is 12.1 Å². The van der Waals surface area contributed by atoms with E-state index in [0.29, 0.717) is 11.2 Å². The fourth-order valence-electron chi connectivity index (χ4n) is 4.65. The van der Waals surface area contributed by atoms with Gasteiger partial charge in [-0.3, -0.25) is 29.1 Å². The van der Waals surface area contributed by atoms with Crippen molar-refractivity contribution in [2.24, 2.45) is 5.73 Å². The molecule has 0 saturated carbocycles. The highest BCUT2D eigenvalue weighted by molar-refractivity contribution is 8.00. The van der Waals surface area contributed by atoms with Gasteiger partial charge in [0.05, 0.1) is 5.52 Å². The summed E-state index contributed by atoms with van der Waals surface area (Å²) < 4.78 is 4.71. The molecule has 42 heavy (non-hydrogen) atoms. The molecule has 15 nitrogen and oxygen atoms in total. The number of pyridine rings is 2. The molecular formula is C26H23N7O8S. The fourth-order valence-corrected chi connectivity index (χ4v) is 5.98. The number of amides is 4. The molecule has 0 spiro atoms. The maximum Gasteiger partial charge on any atom is 0.404 e. The first-order valence-electron chi connectivity index (χ1n) is 12.3. The average molecular weight is 594 g/mol. The quantitative estimate of drug-likeness (QED) is 0.148. The summed E-state index contributed by atoms with van der Waals surface area (Å²) in [5.41, 5.74) is 10.8. The number of carbonyl (C=O) groups excluding carboxylic acids is 4. The second-order valence-corrected chi connectivity index (χ2v) is 10.4. The van der Waals surface area contributed by atoms with Crippen LogP contribution in [-0.4, -0.2) is 73.5 Å². The first-order chi connectivity index (χ1) is 20.1. The molecule has 2 unspecified atom stereocenters. The summed E-state index contributed by atoms with van der Waals surface area (Å²) in [6.07, 6.45) is 1.51. The molecule has 16 heteroatoms. The Hall–Kier alpha value is -5.38. The number of aromatic nitrogens is 2. The zero-order valence-corrected chi connectivity index (χ0v) is 22.3. The van der Waals surface area contributed by atoms with Gasteiger partial charge in [0.15, 0.2) is 0 Å². The van der Waals surface area contributed by atoms with E-state index in [4.69, 9.17) is 16.2 Å². The van der Waals surface area contributed by atoms with Crippen LogP contribution in [0.4, 0.5) is 10.5 Å². The lowest BCUT2D eigenvalue weighted by atomic mass is 10.0. The topological polar surface area (TPSA) is 240 Å². The first kappa shape index (κ1) is 28.2. The average Bonchev–Trinajstić information content (AvgIpc) is 2.96. The van der Waals surface area contributed by atoms with Crippen LogP contribution in [0.25, 0.3) is 11.0 Å². The summed E-state index contributed by atoms with van der Waals surface area (Å²) in [6.45, 7) is -0.412. The van der Waals surface area contributed by atoms with E-state index in [1.54, 1.807) is 24.3 Å². The van der Waals surface area contributed by atoms with Gasteiger partial charge >= 0.3 is 12.1 Å². The van der Waals surface area contributed by atoms with Gasteiger partial charge < -0.3 is 36.9 Å². The van der Waals surface area contributed by atoms with Gasteiger partial charge in [0.25, 0.3) is 11.8 Å². The molecule has 2 aliphatic heterocycles. The number of β-lactam (4-membered cyclic amide) rings is 1. The van der Waals surface area contributed by atoms with Gasteiger partial charge in [0.1, 0.15) is 40.8 Å². The van der Waals surface area contributed by atoms with E-state index in [2.05, 4.69) is 20.6 Å². The Morgan fingerprint density at radius 3 is 2.71 bits per heavy atom. The minimum atomic E-state index is -1.42. The Balaban J connectivity index is 1.39. The number of benzene rings is 1. The molecule has 4 heterocycles. The smallest absolute Gasteiger partial charge is 0.404 e. The van der Waals surface area contributed by atoms with Crippen LogP contribution < -0.4 is 27.5 Å². The van der Waals surface area contributed by atoms with Crippen LogP contribution in [0.3, 0.4) is 0 Å². The molecular weight excluding hydrogens is 570 g/mol. The number of nitrogen functional groups attached to an aromatic ring is 1. The number of anilines is 1. The van der Waals surface area contributed by atoms with E-state index < -0.39 is 59.3 Å². The van der Waals surface area contributed by atoms with E-state index in [9.17, 15) is 33.9 Å². The monoisotopic (exact) mass is 593 g/mol. The molecule has 1 saturated heterocycles. The molecule has 216 valence electrons. The molecule has 0 aliphatic carbocycles. The third-order valence-electron chi connectivity index (χ3n) is 6.60. The number of nitrogens with zero attached hydrogens (tertiary/aromatic N) is 2. The Morgan fingerprint density at radius 2 is 2.00 bits per heavy atom. The van der Waals surface area contributed by atoms with Crippen molar-refractivity contribution in [2.75, 3.05) is 18.1 Å². The second kappa shape index (κ2) is 11.2. The summed E-state index contributed by atoms with van der Waals surface area (Å²) in [6, 6.07) is 6.85. The van der Waals surface area contributed by atoms with E-state index in [-0.39, 0.29) is 33.7 Å². The van der Waals surface area contributed by atoms with Crippen LogP contribution in [0.5, 0.6) is 0 Å². The summed E-state index contributed by atoms with van der Waals surface area (Å²) in [5, 5.41) is 14.1. The predicted octanol–water partition coefficient (Wildman–Crippen LogP) is -0.190. The number of nitrogens with one attached hydrogen (secondary N) is 3. The van der Waals surface area contributed by atoms with Crippen molar-refractivity contribution < 1.29 is 33.8 Å². The Labute approximate surface area is 240 Å². The number of carbonyl (C=O) groups is 5. The highest BCUT2D eigenvalue weighted by atomic mass is 32.2. The number of thioether (sulfide) groups is 1. The van der Waals surface area contributed by atoms with E-state index in [1.807, 2.05) is 0 Å².